The van der Waals surface area contributed by atoms with E-state index < -0.39 is 15.9 Å². The maximum atomic E-state index is 12.6. The SMILES string of the molecule is Cc1noc(C)c1COc1ccccc1C(=O)NCCS(=O)(=O)N1CCOCC1. The molecule has 2 aromatic rings. The predicted molar refractivity (Wildman–Crippen MR) is 105 cm³/mol. The number of hydrogen-bond donors (Lipinski definition) is 1. The molecule has 29 heavy (non-hydrogen) atoms. The summed E-state index contributed by atoms with van der Waals surface area (Å²) in [6.07, 6.45) is 0. The summed E-state index contributed by atoms with van der Waals surface area (Å²) < 4.78 is 42.2. The van der Waals surface area contributed by atoms with E-state index in [1.54, 1.807) is 31.2 Å². The quantitative estimate of drug-likeness (QED) is 0.680. The van der Waals surface area contributed by atoms with Gasteiger partial charge in [0, 0.05) is 19.6 Å². The summed E-state index contributed by atoms with van der Waals surface area (Å²) in [6.45, 7) is 5.31. The van der Waals surface area contributed by atoms with Crippen LogP contribution in [0.5, 0.6) is 5.75 Å². The molecule has 1 aromatic carbocycles. The molecule has 1 N–H and O–H groups in total. The Morgan fingerprint density at radius 2 is 1.97 bits per heavy atom. The number of nitrogens with one attached hydrogen (secondary N) is 1. The highest BCUT2D eigenvalue weighted by Crippen LogP contribution is 2.21. The fourth-order valence-corrected chi connectivity index (χ4v) is 4.30. The van der Waals surface area contributed by atoms with Crippen molar-refractivity contribution in [2.24, 2.45) is 0 Å². The zero-order valence-corrected chi connectivity index (χ0v) is 17.3. The van der Waals surface area contributed by atoms with Gasteiger partial charge in [-0.15, -0.1) is 0 Å². The van der Waals surface area contributed by atoms with Crippen LogP contribution in [-0.2, 0) is 21.4 Å². The lowest BCUT2D eigenvalue weighted by molar-refractivity contribution is 0.0730. The molecule has 1 aromatic heterocycles. The normalized spacial score (nSPS) is 15.2. The van der Waals surface area contributed by atoms with Gasteiger partial charge in [-0.1, -0.05) is 17.3 Å². The molecule has 3 rings (SSSR count). The van der Waals surface area contributed by atoms with E-state index in [2.05, 4.69) is 10.5 Å². The lowest BCUT2D eigenvalue weighted by Crippen LogP contribution is -2.43. The number of amides is 1. The summed E-state index contributed by atoms with van der Waals surface area (Å²) >= 11 is 0. The van der Waals surface area contributed by atoms with Crippen molar-refractivity contribution in [1.82, 2.24) is 14.8 Å². The molecule has 1 amide bonds. The molecule has 1 aliphatic heterocycles. The maximum absolute atomic E-state index is 12.6. The van der Waals surface area contributed by atoms with Gasteiger partial charge in [-0.2, -0.15) is 4.31 Å². The van der Waals surface area contributed by atoms with Crippen molar-refractivity contribution < 1.29 is 27.2 Å². The second-order valence-electron chi connectivity index (χ2n) is 6.67. The number of aromatic nitrogens is 1. The third-order valence-electron chi connectivity index (χ3n) is 4.69. The van der Waals surface area contributed by atoms with Crippen molar-refractivity contribution >= 4 is 15.9 Å². The summed E-state index contributed by atoms with van der Waals surface area (Å²) in [5.74, 6) is 0.510. The van der Waals surface area contributed by atoms with E-state index in [0.717, 1.165) is 11.3 Å². The summed E-state index contributed by atoms with van der Waals surface area (Å²) in [5.41, 5.74) is 1.90. The highest BCUT2D eigenvalue weighted by atomic mass is 32.2. The molecule has 1 aliphatic rings. The lowest BCUT2D eigenvalue weighted by atomic mass is 10.2. The summed E-state index contributed by atoms with van der Waals surface area (Å²) in [4.78, 5) is 12.6. The first kappa shape index (κ1) is 21.3. The van der Waals surface area contributed by atoms with Gasteiger partial charge in [0.05, 0.1) is 35.8 Å². The molecule has 2 heterocycles. The Morgan fingerprint density at radius 3 is 2.66 bits per heavy atom. The third kappa shape index (κ3) is 5.34. The molecule has 0 bridgehead atoms. The van der Waals surface area contributed by atoms with Gasteiger partial charge in [-0.3, -0.25) is 4.79 Å². The topological polar surface area (TPSA) is 111 Å². The van der Waals surface area contributed by atoms with E-state index in [1.807, 2.05) is 6.92 Å². The maximum Gasteiger partial charge on any atom is 0.255 e. The molecule has 9 nitrogen and oxygen atoms in total. The highest BCUT2D eigenvalue weighted by Gasteiger charge is 2.24. The lowest BCUT2D eigenvalue weighted by Gasteiger charge is -2.26. The number of para-hydroxylation sites is 1. The van der Waals surface area contributed by atoms with Gasteiger partial charge in [0.15, 0.2) is 0 Å². The van der Waals surface area contributed by atoms with Crippen LogP contribution in [0.2, 0.25) is 0 Å². The van der Waals surface area contributed by atoms with Gasteiger partial charge in [0.25, 0.3) is 5.91 Å². The predicted octanol–water partition coefficient (Wildman–Crippen LogP) is 1.26. The largest absolute Gasteiger partial charge is 0.488 e. The number of hydrogen-bond acceptors (Lipinski definition) is 7. The second-order valence-corrected chi connectivity index (χ2v) is 8.76. The third-order valence-corrected chi connectivity index (χ3v) is 6.57. The Bertz CT molecular complexity index is 931. The van der Waals surface area contributed by atoms with Gasteiger partial charge >= 0.3 is 0 Å². The first-order valence-electron chi connectivity index (χ1n) is 9.36. The summed E-state index contributed by atoms with van der Waals surface area (Å²) in [5, 5.41) is 6.55. The number of nitrogens with zero attached hydrogens (tertiary/aromatic N) is 2. The molecule has 0 aliphatic carbocycles. The monoisotopic (exact) mass is 423 g/mol. The summed E-state index contributed by atoms with van der Waals surface area (Å²) in [6, 6.07) is 6.82. The minimum absolute atomic E-state index is 0.0106. The Morgan fingerprint density at radius 1 is 1.24 bits per heavy atom. The number of ether oxygens (including phenoxy) is 2. The number of rotatable bonds is 8. The van der Waals surface area contributed by atoms with E-state index in [0.29, 0.717) is 43.4 Å². The van der Waals surface area contributed by atoms with Crippen LogP contribution < -0.4 is 10.1 Å². The molecule has 1 saturated heterocycles. The van der Waals surface area contributed by atoms with E-state index >= 15 is 0 Å². The standard InChI is InChI=1S/C19H25N3O6S/c1-14-17(15(2)28-21-14)13-27-18-6-4-3-5-16(18)19(23)20-7-12-29(24,25)22-8-10-26-11-9-22/h3-6H,7-13H2,1-2H3,(H,20,23). The van der Waals surface area contributed by atoms with E-state index in [1.165, 1.54) is 4.31 Å². The minimum atomic E-state index is -3.43. The number of aryl methyl sites for hydroxylation is 2. The molecular weight excluding hydrogens is 398 g/mol. The van der Waals surface area contributed by atoms with Crippen LogP contribution in [0.1, 0.15) is 27.4 Å². The summed E-state index contributed by atoms with van der Waals surface area (Å²) in [7, 11) is -3.43. The van der Waals surface area contributed by atoms with Crippen LogP contribution in [0.4, 0.5) is 0 Å². The van der Waals surface area contributed by atoms with Crippen molar-refractivity contribution in [1.29, 1.82) is 0 Å². The van der Waals surface area contributed by atoms with Crippen LogP contribution in [0.3, 0.4) is 0 Å². The van der Waals surface area contributed by atoms with Crippen LogP contribution in [0.25, 0.3) is 0 Å². The molecule has 0 unspecified atom stereocenters. The van der Waals surface area contributed by atoms with Crippen molar-refractivity contribution in [3.8, 4) is 5.75 Å². The van der Waals surface area contributed by atoms with Crippen LogP contribution in [0.15, 0.2) is 28.8 Å². The first-order valence-corrected chi connectivity index (χ1v) is 11.0. The number of carbonyl (C=O) groups is 1. The van der Waals surface area contributed by atoms with E-state index in [-0.39, 0.29) is 18.9 Å². The zero-order chi connectivity index (χ0) is 20.9. The minimum Gasteiger partial charge on any atom is -0.488 e. The van der Waals surface area contributed by atoms with Gasteiger partial charge in [-0.05, 0) is 26.0 Å². The average Bonchev–Trinajstić information content (AvgIpc) is 3.04. The van der Waals surface area contributed by atoms with Crippen molar-refractivity contribution in [3.63, 3.8) is 0 Å². The molecule has 0 saturated carbocycles. The van der Waals surface area contributed by atoms with E-state index in [9.17, 15) is 13.2 Å². The highest BCUT2D eigenvalue weighted by molar-refractivity contribution is 7.89. The fourth-order valence-electron chi connectivity index (χ4n) is 2.98. The molecule has 0 spiro atoms. The zero-order valence-electron chi connectivity index (χ0n) is 16.5. The van der Waals surface area contributed by atoms with E-state index in [4.69, 9.17) is 14.0 Å². The molecule has 10 heteroatoms. The molecule has 1 fully saturated rings. The van der Waals surface area contributed by atoms with Crippen LogP contribution in [0, 0.1) is 13.8 Å². The Labute approximate surface area is 170 Å². The number of sulfonamides is 1. The molecule has 0 radical (unpaired) electrons. The van der Waals surface area contributed by atoms with Crippen molar-refractivity contribution in [2.45, 2.75) is 20.5 Å². The van der Waals surface area contributed by atoms with Crippen molar-refractivity contribution in [3.05, 3.63) is 46.8 Å². The van der Waals surface area contributed by atoms with Crippen LogP contribution >= 0.6 is 0 Å². The molecule has 0 atom stereocenters. The van der Waals surface area contributed by atoms with Crippen molar-refractivity contribution in [2.75, 3.05) is 38.6 Å². The molecule has 158 valence electrons. The van der Waals surface area contributed by atoms with Crippen LogP contribution in [-0.4, -0.2) is 62.4 Å². The average molecular weight is 423 g/mol. The Hall–Kier alpha value is -2.43. The Kier molecular flexibility index (Phi) is 6.88. The van der Waals surface area contributed by atoms with Gasteiger partial charge in [0.2, 0.25) is 10.0 Å². The fraction of sp³-hybridized carbons (Fsp3) is 0.474. The number of morpholine rings is 1. The number of carbonyl (C=O) groups excluding carboxylic acids is 1. The first-order chi connectivity index (χ1) is 13.9. The smallest absolute Gasteiger partial charge is 0.255 e. The Balaban J connectivity index is 1.58. The second kappa shape index (κ2) is 9.38. The van der Waals surface area contributed by atoms with Gasteiger partial charge in [-0.25, -0.2) is 8.42 Å². The van der Waals surface area contributed by atoms with Gasteiger partial charge in [0.1, 0.15) is 18.1 Å². The van der Waals surface area contributed by atoms with Gasteiger partial charge < -0.3 is 19.3 Å². The molecular formula is C19H25N3O6S. The number of benzene rings is 1.